The van der Waals surface area contributed by atoms with Gasteiger partial charge in [-0.15, -0.1) is 11.8 Å². The number of aryl methyl sites for hydroxylation is 1. The first kappa shape index (κ1) is 19.9. The normalized spacial score (nSPS) is 13.1. The average Bonchev–Trinajstić information content (AvgIpc) is 2.97. The molecule has 9 heteroatoms. The van der Waals surface area contributed by atoms with Crippen molar-refractivity contribution in [3.63, 3.8) is 0 Å². The van der Waals surface area contributed by atoms with Gasteiger partial charge in [0.25, 0.3) is 0 Å². The second-order valence-corrected chi connectivity index (χ2v) is 7.05. The fourth-order valence-corrected chi connectivity index (χ4v) is 2.84. The van der Waals surface area contributed by atoms with E-state index < -0.39 is 22.9 Å². The van der Waals surface area contributed by atoms with Crippen molar-refractivity contribution in [1.82, 2.24) is 10.5 Å². The minimum absolute atomic E-state index is 0.0135. The monoisotopic (exact) mass is 383 g/mol. The summed E-state index contributed by atoms with van der Waals surface area (Å²) in [5.74, 6) is -1.17. The number of carbonyl (C=O) groups is 2. The number of nitrogens with one attached hydrogen (secondary N) is 2. The molecule has 1 aromatic heterocycles. The Kier molecular flexibility index (Phi) is 6.73. The van der Waals surface area contributed by atoms with Gasteiger partial charge in [-0.25, -0.2) is 8.78 Å². The van der Waals surface area contributed by atoms with Crippen LogP contribution in [0.1, 0.15) is 31.2 Å². The Morgan fingerprint density at radius 3 is 2.62 bits per heavy atom. The van der Waals surface area contributed by atoms with Gasteiger partial charge in [0.05, 0.1) is 17.0 Å². The van der Waals surface area contributed by atoms with Gasteiger partial charge in [-0.3, -0.25) is 9.59 Å². The maximum Gasteiger partial charge on any atom is 0.238 e. The molecular formula is C17H19F2N3O3S. The molecule has 2 unspecified atom stereocenters. The first-order valence-corrected chi connectivity index (χ1v) is 8.91. The number of rotatable bonds is 7. The number of hydrogen-bond donors (Lipinski definition) is 2. The Hall–Kier alpha value is -2.42. The Labute approximate surface area is 153 Å². The van der Waals surface area contributed by atoms with E-state index in [1.807, 2.05) is 0 Å². The van der Waals surface area contributed by atoms with E-state index in [9.17, 15) is 18.4 Å². The molecule has 26 heavy (non-hydrogen) atoms. The quantitative estimate of drug-likeness (QED) is 0.767. The maximum atomic E-state index is 13.7. The number of hydrogen-bond acceptors (Lipinski definition) is 5. The molecule has 2 amide bonds. The van der Waals surface area contributed by atoms with Crippen LogP contribution in [-0.2, 0) is 9.59 Å². The number of anilines is 1. The number of benzene rings is 1. The van der Waals surface area contributed by atoms with Gasteiger partial charge in [0.15, 0.2) is 5.82 Å². The van der Waals surface area contributed by atoms with E-state index in [1.165, 1.54) is 6.07 Å². The van der Waals surface area contributed by atoms with Crippen molar-refractivity contribution in [1.29, 1.82) is 0 Å². The average molecular weight is 383 g/mol. The molecule has 0 spiro atoms. The largest absolute Gasteiger partial charge is 0.360 e. The summed E-state index contributed by atoms with van der Waals surface area (Å²) in [5.41, 5.74) is 0.192. The fourth-order valence-electron chi connectivity index (χ4n) is 2.14. The smallest absolute Gasteiger partial charge is 0.238 e. The molecule has 1 aromatic carbocycles. The molecule has 0 aliphatic carbocycles. The minimum Gasteiger partial charge on any atom is -0.360 e. The van der Waals surface area contributed by atoms with E-state index in [0.717, 1.165) is 23.9 Å². The predicted molar refractivity (Wildman–Crippen MR) is 94.7 cm³/mol. The molecule has 0 bridgehead atoms. The number of thioether (sulfide) groups is 1. The Morgan fingerprint density at radius 2 is 2.00 bits per heavy atom. The third-order valence-corrected chi connectivity index (χ3v) is 4.66. The van der Waals surface area contributed by atoms with E-state index in [-0.39, 0.29) is 23.1 Å². The summed E-state index contributed by atoms with van der Waals surface area (Å²) in [6.07, 6.45) is 0. The van der Waals surface area contributed by atoms with Gasteiger partial charge >= 0.3 is 0 Å². The van der Waals surface area contributed by atoms with Gasteiger partial charge in [-0.2, -0.15) is 0 Å². The van der Waals surface area contributed by atoms with Crippen molar-refractivity contribution >= 4 is 29.4 Å². The highest BCUT2D eigenvalue weighted by atomic mass is 32.2. The fraction of sp³-hybridized carbons (Fsp3) is 0.353. The predicted octanol–water partition coefficient (Wildman–Crippen LogP) is 3.20. The van der Waals surface area contributed by atoms with E-state index in [4.69, 9.17) is 4.52 Å². The lowest BCUT2D eigenvalue weighted by Crippen LogP contribution is -2.31. The lowest BCUT2D eigenvalue weighted by Gasteiger charge is -2.16. The van der Waals surface area contributed by atoms with E-state index in [1.54, 1.807) is 26.8 Å². The first-order chi connectivity index (χ1) is 12.3. The lowest BCUT2D eigenvalue weighted by molar-refractivity contribution is -0.119. The molecule has 0 saturated heterocycles. The van der Waals surface area contributed by atoms with Crippen LogP contribution in [0, 0.1) is 18.6 Å². The second kappa shape index (κ2) is 8.79. The number of halogens is 2. The van der Waals surface area contributed by atoms with Crippen LogP contribution in [-0.4, -0.2) is 28.0 Å². The summed E-state index contributed by atoms with van der Waals surface area (Å²) in [7, 11) is 0. The number of aromatic nitrogens is 1. The molecule has 1 heterocycles. The second-order valence-electron chi connectivity index (χ2n) is 5.72. The van der Waals surface area contributed by atoms with Crippen LogP contribution >= 0.6 is 11.8 Å². The molecule has 140 valence electrons. The SMILES string of the molecule is Cc1cc(NC(=O)C(C)SCC(=O)NC(C)c2ccc(F)cc2F)no1. The van der Waals surface area contributed by atoms with Gasteiger partial charge in [-0.05, 0) is 26.8 Å². The molecule has 2 N–H and O–H groups in total. The van der Waals surface area contributed by atoms with E-state index in [2.05, 4.69) is 15.8 Å². The summed E-state index contributed by atoms with van der Waals surface area (Å²) in [4.78, 5) is 24.0. The van der Waals surface area contributed by atoms with Crippen LogP contribution in [0.3, 0.4) is 0 Å². The first-order valence-electron chi connectivity index (χ1n) is 7.86. The Bertz CT molecular complexity index is 797. The highest BCUT2D eigenvalue weighted by Crippen LogP contribution is 2.19. The summed E-state index contributed by atoms with van der Waals surface area (Å²) in [6, 6.07) is 4.16. The van der Waals surface area contributed by atoms with Gasteiger partial charge in [0.2, 0.25) is 11.8 Å². The van der Waals surface area contributed by atoms with Crippen LogP contribution in [0.25, 0.3) is 0 Å². The van der Waals surface area contributed by atoms with Gasteiger partial charge in [0.1, 0.15) is 17.4 Å². The molecule has 0 radical (unpaired) electrons. The van der Waals surface area contributed by atoms with Crippen molar-refractivity contribution in [3.8, 4) is 0 Å². The van der Waals surface area contributed by atoms with Crippen molar-refractivity contribution < 1.29 is 22.9 Å². The summed E-state index contributed by atoms with van der Waals surface area (Å²) in [6.45, 7) is 4.96. The molecule has 2 rings (SSSR count). The number of nitrogens with zero attached hydrogens (tertiary/aromatic N) is 1. The molecule has 2 aromatic rings. The zero-order valence-electron chi connectivity index (χ0n) is 14.5. The van der Waals surface area contributed by atoms with Gasteiger partial charge < -0.3 is 15.2 Å². The summed E-state index contributed by atoms with van der Waals surface area (Å²) in [5, 5.41) is 8.37. The molecule has 2 atom stereocenters. The molecule has 6 nitrogen and oxygen atoms in total. The molecular weight excluding hydrogens is 364 g/mol. The standard InChI is InChI=1S/C17H19F2N3O3S/c1-9-6-15(22-25-9)21-17(24)11(3)26-8-16(23)20-10(2)13-5-4-12(18)7-14(13)19/h4-7,10-11H,8H2,1-3H3,(H,20,23)(H,21,22,24). The zero-order chi connectivity index (χ0) is 19.3. The van der Waals surface area contributed by atoms with E-state index in [0.29, 0.717) is 11.6 Å². The van der Waals surface area contributed by atoms with Crippen LogP contribution in [0.4, 0.5) is 14.6 Å². The third kappa shape index (κ3) is 5.55. The highest BCUT2D eigenvalue weighted by molar-refractivity contribution is 8.01. The zero-order valence-corrected chi connectivity index (χ0v) is 15.3. The van der Waals surface area contributed by atoms with Gasteiger partial charge in [0, 0.05) is 17.7 Å². The molecule has 0 saturated carbocycles. The minimum atomic E-state index is -0.721. The Morgan fingerprint density at radius 1 is 1.27 bits per heavy atom. The van der Waals surface area contributed by atoms with Crippen LogP contribution in [0.5, 0.6) is 0 Å². The van der Waals surface area contributed by atoms with Crippen LogP contribution in [0.2, 0.25) is 0 Å². The lowest BCUT2D eigenvalue weighted by atomic mass is 10.1. The van der Waals surface area contributed by atoms with Crippen molar-refractivity contribution in [2.45, 2.75) is 32.1 Å². The van der Waals surface area contributed by atoms with Crippen LogP contribution < -0.4 is 10.6 Å². The number of amides is 2. The number of carbonyl (C=O) groups excluding carboxylic acids is 2. The van der Waals surface area contributed by atoms with Crippen LogP contribution in [0.15, 0.2) is 28.8 Å². The maximum absolute atomic E-state index is 13.7. The molecule has 0 aliphatic heterocycles. The summed E-state index contributed by atoms with van der Waals surface area (Å²) >= 11 is 1.13. The molecule has 0 fully saturated rings. The topological polar surface area (TPSA) is 84.2 Å². The van der Waals surface area contributed by atoms with Crippen molar-refractivity contribution in [2.24, 2.45) is 0 Å². The van der Waals surface area contributed by atoms with Crippen molar-refractivity contribution in [3.05, 3.63) is 47.2 Å². The molecule has 0 aliphatic rings. The highest BCUT2D eigenvalue weighted by Gasteiger charge is 2.19. The Balaban J connectivity index is 1.80. The van der Waals surface area contributed by atoms with Gasteiger partial charge in [-0.1, -0.05) is 11.2 Å². The van der Waals surface area contributed by atoms with E-state index >= 15 is 0 Å². The summed E-state index contributed by atoms with van der Waals surface area (Å²) < 4.78 is 31.5. The third-order valence-electron chi connectivity index (χ3n) is 3.52. The van der Waals surface area contributed by atoms with Crippen molar-refractivity contribution in [2.75, 3.05) is 11.1 Å².